The molecule has 1 fully saturated rings. The third kappa shape index (κ3) is 6.36. The predicted molar refractivity (Wildman–Crippen MR) is 101 cm³/mol. The van der Waals surface area contributed by atoms with Crippen LogP contribution in [0.1, 0.15) is 26.7 Å². The van der Waals surface area contributed by atoms with Gasteiger partial charge in [-0.05, 0) is 32.3 Å². The molecule has 7 nitrogen and oxygen atoms in total. The van der Waals surface area contributed by atoms with E-state index in [4.69, 9.17) is 14.9 Å². The minimum atomic E-state index is 0.122. The number of aliphatic hydroxyl groups excluding tert-OH is 1. The summed E-state index contributed by atoms with van der Waals surface area (Å²) in [6.07, 6.45) is 4.07. The Hall–Kier alpha value is -2.12. The lowest BCUT2D eigenvalue weighted by atomic mass is 10.0. The lowest BCUT2D eigenvalue weighted by molar-refractivity contribution is 0.0740. The molecule has 0 radical (unpaired) electrons. The summed E-state index contributed by atoms with van der Waals surface area (Å²) >= 11 is 0. The number of hydrogen-bond acceptors (Lipinski definition) is 7. The quantitative estimate of drug-likeness (QED) is 0.358. The van der Waals surface area contributed by atoms with E-state index in [0.29, 0.717) is 30.3 Å². The molecule has 0 aromatic carbocycles. The molecule has 0 aromatic heterocycles. The number of ether oxygens (including phenoxy) is 2. The average molecular weight is 350 g/mol. The van der Waals surface area contributed by atoms with E-state index in [1.165, 1.54) is 6.21 Å². The molecular weight excluding hydrogens is 320 g/mol. The van der Waals surface area contributed by atoms with Crippen molar-refractivity contribution in [2.75, 3.05) is 27.4 Å². The summed E-state index contributed by atoms with van der Waals surface area (Å²) in [7, 11) is 3.34. The number of allylic oxidation sites excluding steroid dienone is 3. The second kappa shape index (κ2) is 10.7. The van der Waals surface area contributed by atoms with Gasteiger partial charge in [-0.1, -0.05) is 6.58 Å². The van der Waals surface area contributed by atoms with Crippen LogP contribution in [0.2, 0.25) is 0 Å². The smallest absolute Gasteiger partial charge is 0.139 e. The molecule has 7 heteroatoms. The number of aliphatic hydroxyl groups is 1. The van der Waals surface area contributed by atoms with Crippen LogP contribution in [0.5, 0.6) is 0 Å². The first kappa shape index (κ1) is 20.9. The van der Waals surface area contributed by atoms with E-state index in [0.717, 1.165) is 30.4 Å². The highest BCUT2D eigenvalue weighted by Crippen LogP contribution is 2.17. The molecule has 0 aliphatic carbocycles. The molecule has 0 spiro atoms. The monoisotopic (exact) mass is 350 g/mol. The highest BCUT2D eigenvalue weighted by Gasteiger charge is 2.25. The summed E-state index contributed by atoms with van der Waals surface area (Å²) in [5.41, 5.74) is 2.86. The standard InChI is InChI=1S/C18H30N4O3/c1-12(9-19)18(20-4)13(2)14(3)21-17(10-23)22-15-8-16(25-11-15)6-7-24-5/h9-10,15-16,19,21-23H,1,6-8,11H2,2-5H3/b14-13+,17-10+,19-9?,20-18?/t15-,16?/m1/s1. The highest BCUT2D eigenvalue weighted by molar-refractivity contribution is 6.22. The minimum Gasteiger partial charge on any atom is -0.512 e. The third-order valence-corrected chi connectivity index (χ3v) is 4.16. The first-order valence-corrected chi connectivity index (χ1v) is 8.29. The maximum Gasteiger partial charge on any atom is 0.139 e. The Kier molecular flexibility index (Phi) is 8.94. The summed E-state index contributed by atoms with van der Waals surface area (Å²) < 4.78 is 10.8. The second-order valence-corrected chi connectivity index (χ2v) is 5.97. The van der Waals surface area contributed by atoms with Crippen molar-refractivity contribution in [3.8, 4) is 0 Å². The number of nitrogens with zero attached hydrogens (tertiary/aromatic N) is 1. The number of aliphatic imine (C=N–C) groups is 1. The summed E-state index contributed by atoms with van der Waals surface area (Å²) in [4.78, 5) is 4.19. The molecule has 140 valence electrons. The molecule has 1 saturated heterocycles. The SMILES string of the molecule is C=C(C=N)C(=NC)/C(C)=C(\C)N/C(=C\O)N[C@H]1COC(CCOC)C1. The van der Waals surface area contributed by atoms with Gasteiger partial charge in [0.1, 0.15) is 12.1 Å². The van der Waals surface area contributed by atoms with Crippen LogP contribution in [0.4, 0.5) is 0 Å². The zero-order valence-corrected chi connectivity index (χ0v) is 15.6. The van der Waals surface area contributed by atoms with Gasteiger partial charge in [0.05, 0.1) is 24.5 Å². The van der Waals surface area contributed by atoms with Crippen molar-refractivity contribution < 1.29 is 14.6 Å². The van der Waals surface area contributed by atoms with Gasteiger partial charge >= 0.3 is 0 Å². The number of nitrogens with one attached hydrogen (secondary N) is 3. The summed E-state index contributed by atoms with van der Waals surface area (Å²) in [6.45, 7) is 8.86. The molecular formula is C18H30N4O3. The molecule has 1 aliphatic heterocycles. The van der Waals surface area contributed by atoms with E-state index < -0.39 is 0 Å². The molecule has 25 heavy (non-hydrogen) atoms. The van der Waals surface area contributed by atoms with Gasteiger partial charge in [-0.3, -0.25) is 4.99 Å². The van der Waals surface area contributed by atoms with Crippen LogP contribution in [-0.4, -0.2) is 56.5 Å². The second-order valence-electron chi connectivity index (χ2n) is 5.97. The number of hydrogen-bond donors (Lipinski definition) is 4. The van der Waals surface area contributed by atoms with Crippen LogP contribution < -0.4 is 10.6 Å². The molecule has 1 unspecified atom stereocenters. The van der Waals surface area contributed by atoms with Gasteiger partial charge < -0.3 is 30.6 Å². The normalized spacial score (nSPS) is 22.4. The van der Waals surface area contributed by atoms with Crippen molar-refractivity contribution in [2.24, 2.45) is 4.99 Å². The predicted octanol–water partition coefficient (Wildman–Crippen LogP) is 2.29. The zero-order valence-electron chi connectivity index (χ0n) is 15.6. The van der Waals surface area contributed by atoms with E-state index in [2.05, 4.69) is 22.2 Å². The maximum atomic E-state index is 9.52. The fourth-order valence-corrected chi connectivity index (χ4v) is 2.68. The van der Waals surface area contributed by atoms with E-state index in [9.17, 15) is 5.11 Å². The first-order valence-electron chi connectivity index (χ1n) is 8.29. The molecule has 2 atom stereocenters. The highest BCUT2D eigenvalue weighted by atomic mass is 16.5. The van der Waals surface area contributed by atoms with E-state index >= 15 is 0 Å². The van der Waals surface area contributed by atoms with Gasteiger partial charge in [0.15, 0.2) is 0 Å². The lowest BCUT2D eigenvalue weighted by Crippen LogP contribution is -2.35. The van der Waals surface area contributed by atoms with Crippen LogP contribution in [-0.2, 0) is 9.47 Å². The number of methoxy groups -OCH3 is 1. The van der Waals surface area contributed by atoms with Crippen molar-refractivity contribution in [3.05, 3.63) is 35.5 Å². The topological polar surface area (TPSA) is 99.0 Å². The molecule has 1 rings (SSSR count). The molecule has 4 N–H and O–H groups in total. The average Bonchev–Trinajstić information content (AvgIpc) is 3.06. The van der Waals surface area contributed by atoms with Gasteiger partial charge in [0, 0.05) is 38.2 Å². The molecule has 1 heterocycles. The Morgan fingerprint density at radius 3 is 2.76 bits per heavy atom. The van der Waals surface area contributed by atoms with Gasteiger partial charge in [-0.2, -0.15) is 0 Å². The van der Waals surface area contributed by atoms with Gasteiger partial charge in [0.25, 0.3) is 0 Å². The van der Waals surface area contributed by atoms with Crippen LogP contribution >= 0.6 is 0 Å². The Morgan fingerprint density at radius 1 is 1.48 bits per heavy atom. The molecule has 1 aliphatic rings. The van der Waals surface area contributed by atoms with Crippen LogP contribution in [0.15, 0.2) is 40.5 Å². The Balaban J connectivity index is 2.68. The van der Waals surface area contributed by atoms with E-state index in [1.807, 2.05) is 13.8 Å². The van der Waals surface area contributed by atoms with Crippen molar-refractivity contribution in [1.82, 2.24) is 10.6 Å². The first-order chi connectivity index (χ1) is 12.0. The largest absolute Gasteiger partial charge is 0.512 e. The summed E-state index contributed by atoms with van der Waals surface area (Å²) in [5.74, 6) is 0.494. The maximum absolute atomic E-state index is 9.52. The zero-order chi connectivity index (χ0) is 18.8. The molecule has 0 amide bonds. The molecule has 0 saturated carbocycles. The van der Waals surface area contributed by atoms with Crippen molar-refractivity contribution in [1.29, 1.82) is 5.41 Å². The Labute approximate surface area is 150 Å². The molecule has 0 bridgehead atoms. The summed E-state index contributed by atoms with van der Waals surface area (Å²) in [6, 6.07) is 0.122. The van der Waals surface area contributed by atoms with Crippen LogP contribution in [0, 0.1) is 5.41 Å². The lowest BCUT2D eigenvalue weighted by Gasteiger charge is -2.19. The van der Waals surface area contributed by atoms with Gasteiger partial charge in [-0.25, -0.2) is 0 Å². The van der Waals surface area contributed by atoms with Crippen LogP contribution in [0.3, 0.4) is 0 Å². The fraction of sp³-hybridized carbons (Fsp3) is 0.556. The van der Waals surface area contributed by atoms with Gasteiger partial charge in [-0.15, -0.1) is 0 Å². The summed E-state index contributed by atoms with van der Waals surface area (Å²) in [5, 5.41) is 23.3. The Bertz CT molecular complexity index is 567. The molecule has 0 aromatic rings. The van der Waals surface area contributed by atoms with Crippen molar-refractivity contribution in [2.45, 2.75) is 38.8 Å². The van der Waals surface area contributed by atoms with Crippen LogP contribution in [0.25, 0.3) is 0 Å². The number of rotatable bonds is 10. The van der Waals surface area contributed by atoms with Gasteiger partial charge in [0.2, 0.25) is 0 Å². The van der Waals surface area contributed by atoms with Crippen molar-refractivity contribution >= 4 is 11.9 Å². The van der Waals surface area contributed by atoms with Crippen molar-refractivity contribution in [3.63, 3.8) is 0 Å². The Morgan fingerprint density at radius 2 is 2.20 bits per heavy atom. The van der Waals surface area contributed by atoms with E-state index in [1.54, 1.807) is 14.2 Å². The fourth-order valence-electron chi connectivity index (χ4n) is 2.68. The van der Waals surface area contributed by atoms with E-state index in [-0.39, 0.29) is 12.1 Å². The minimum absolute atomic E-state index is 0.122. The third-order valence-electron chi connectivity index (χ3n) is 4.16.